The Balaban J connectivity index is 1.64. The summed E-state index contributed by atoms with van der Waals surface area (Å²) in [6, 6.07) is 0. The van der Waals surface area contributed by atoms with Crippen molar-refractivity contribution in [3.8, 4) is 0 Å². The lowest BCUT2D eigenvalue weighted by atomic mass is 9.88. The van der Waals surface area contributed by atoms with E-state index < -0.39 is 14.3 Å². The first-order valence-corrected chi connectivity index (χ1v) is 15.3. The first kappa shape index (κ1) is 26.1. The molecule has 0 amide bonds. The van der Waals surface area contributed by atoms with Crippen molar-refractivity contribution >= 4 is 14.3 Å². The number of fused-ring (bicyclic) bond motifs is 1. The third kappa shape index (κ3) is 7.00. The average Bonchev–Trinajstić information content (AvgIpc) is 2.90. The Hall–Kier alpha value is -0.513. The third-order valence-corrected chi connectivity index (χ3v) is 12.4. The molecule has 6 atom stereocenters. The lowest BCUT2D eigenvalue weighted by Gasteiger charge is -2.38. The maximum absolute atomic E-state index is 10.7. The highest BCUT2D eigenvalue weighted by atomic mass is 28.4. The largest absolute Gasteiger partial charge is 0.480 e. The number of hydrogen-bond donors (Lipinski definition) is 1. The minimum Gasteiger partial charge on any atom is -0.480 e. The van der Waals surface area contributed by atoms with Crippen LogP contribution in [0.5, 0.6) is 0 Å². The number of hydrogen-bond acceptors (Lipinski definition) is 6. The third-order valence-electron chi connectivity index (χ3n) is 7.91. The van der Waals surface area contributed by atoms with Crippen LogP contribution >= 0.6 is 0 Å². The Bertz CT molecular complexity index is 600. The molecule has 1 unspecified atom stereocenters. The Morgan fingerprint density at radius 2 is 1.88 bits per heavy atom. The molecular formula is C24H44O7Si. The van der Waals surface area contributed by atoms with E-state index in [0.717, 1.165) is 45.1 Å². The van der Waals surface area contributed by atoms with Crippen LogP contribution in [0.4, 0.5) is 0 Å². The van der Waals surface area contributed by atoms with Gasteiger partial charge in [0.25, 0.3) is 0 Å². The zero-order valence-electron chi connectivity index (χ0n) is 20.6. The van der Waals surface area contributed by atoms with E-state index in [1.165, 1.54) is 0 Å². The molecule has 1 aliphatic carbocycles. The van der Waals surface area contributed by atoms with Crippen LogP contribution in [0.3, 0.4) is 0 Å². The summed E-state index contributed by atoms with van der Waals surface area (Å²) in [5, 5.41) is 8.99. The van der Waals surface area contributed by atoms with Crippen molar-refractivity contribution in [2.45, 2.75) is 95.9 Å². The second kappa shape index (κ2) is 11.3. The normalized spacial score (nSPS) is 34.2. The maximum Gasteiger partial charge on any atom is 0.329 e. The summed E-state index contributed by atoms with van der Waals surface area (Å²) in [6.45, 7) is 13.7. The summed E-state index contributed by atoms with van der Waals surface area (Å²) in [5.41, 5.74) is 0. The monoisotopic (exact) mass is 472 g/mol. The fourth-order valence-electron chi connectivity index (χ4n) is 4.86. The quantitative estimate of drug-likeness (QED) is 0.496. The van der Waals surface area contributed by atoms with Crippen LogP contribution in [-0.2, 0) is 28.2 Å². The van der Waals surface area contributed by atoms with Crippen LogP contribution in [0.1, 0.15) is 59.3 Å². The molecule has 2 saturated heterocycles. The molecule has 0 bridgehead atoms. The smallest absolute Gasteiger partial charge is 0.329 e. The minimum atomic E-state index is -1.87. The zero-order chi connectivity index (χ0) is 23.4. The van der Waals surface area contributed by atoms with E-state index in [1.807, 2.05) is 0 Å². The molecule has 2 heterocycles. The second-order valence-corrected chi connectivity index (χ2v) is 16.1. The van der Waals surface area contributed by atoms with E-state index in [0.29, 0.717) is 31.7 Å². The summed E-state index contributed by atoms with van der Waals surface area (Å²) in [6.07, 6.45) is 6.26. The topological polar surface area (TPSA) is 83.5 Å². The van der Waals surface area contributed by atoms with Gasteiger partial charge in [-0.05, 0) is 56.2 Å². The number of aliphatic carboxylic acids is 1. The molecule has 1 saturated carbocycles. The zero-order valence-corrected chi connectivity index (χ0v) is 21.6. The summed E-state index contributed by atoms with van der Waals surface area (Å²) < 4.78 is 30.8. The Morgan fingerprint density at radius 3 is 2.53 bits per heavy atom. The van der Waals surface area contributed by atoms with Crippen LogP contribution in [0.15, 0.2) is 0 Å². The Labute approximate surface area is 194 Å². The summed E-state index contributed by atoms with van der Waals surface area (Å²) in [5.74, 6) is -0.0108. The number of rotatable bonds is 9. The molecule has 3 rings (SSSR count). The molecule has 186 valence electrons. The van der Waals surface area contributed by atoms with Crippen LogP contribution in [0.2, 0.25) is 18.1 Å². The van der Waals surface area contributed by atoms with E-state index >= 15 is 0 Å². The molecule has 0 aromatic carbocycles. The molecule has 3 fully saturated rings. The van der Waals surface area contributed by atoms with Gasteiger partial charge < -0.3 is 28.5 Å². The number of carboxylic acids is 1. The van der Waals surface area contributed by atoms with Crippen LogP contribution in [0, 0.1) is 17.8 Å². The second-order valence-electron chi connectivity index (χ2n) is 11.3. The van der Waals surface area contributed by atoms with Crippen molar-refractivity contribution in [3.05, 3.63) is 0 Å². The standard InChI is InChI=1S/C24H44O7Si/c1-24(2,3)32(4,5)30-15-19-18-10-9-17(13-27-16-22(25)26)14-29-20(18)12-21(19)31-23-8-6-7-11-28-23/h17-21,23H,6-16H2,1-5H3,(H,25,26)/t17-,18-,19-,20+,21-,23?/m1/s1. The molecule has 32 heavy (non-hydrogen) atoms. The van der Waals surface area contributed by atoms with Crippen molar-refractivity contribution in [1.29, 1.82) is 0 Å². The highest BCUT2D eigenvalue weighted by molar-refractivity contribution is 6.74. The SMILES string of the molecule is CC(C)(C)[Si](C)(C)OC[C@@H]1[C@H]2CC[C@H](COCC(=O)O)CO[C@H]2C[C@H]1OC1CCCCO1. The number of carbonyl (C=O) groups is 1. The number of carboxylic acid groups (broad SMARTS) is 1. The molecule has 1 N–H and O–H groups in total. The van der Waals surface area contributed by atoms with E-state index in [1.54, 1.807) is 0 Å². The molecular weight excluding hydrogens is 428 g/mol. The predicted octanol–water partition coefficient (Wildman–Crippen LogP) is 4.45. The maximum atomic E-state index is 10.7. The van der Waals surface area contributed by atoms with Crippen LogP contribution in [-0.4, -0.2) is 70.9 Å². The summed E-state index contributed by atoms with van der Waals surface area (Å²) in [4.78, 5) is 10.7. The van der Waals surface area contributed by atoms with Crippen LogP contribution in [0.25, 0.3) is 0 Å². The first-order valence-electron chi connectivity index (χ1n) is 12.4. The van der Waals surface area contributed by atoms with Gasteiger partial charge in [-0.3, -0.25) is 0 Å². The molecule has 0 aromatic rings. The van der Waals surface area contributed by atoms with Gasteiger partial charge in [-0.2, -0.15) is 0 Å². The highest BCUT2D eigenvalue weighted by Crippen LogP contribution is 2.44. The van der Waals surface area contributed by atoms with E-state index in [4.69, 9.17) is 28.5 Å². The molecule has 2 aliphatic heterocycles. The van der Waals surface area contributed by atoms with E-state index in [-0.39, 0.29) is 36.1 Å². The molecule has 0 radical (unpaired) electrons. The van der Waals surface area contributed by atoms with Gasteiger partial charge in [0.05, 0.1) is 25.4 Å². The molecule has 7 nitrogen and oxygen atoms in total. The fourth-order valence-corrected chi connectivity index (χ4v) is 5.90. The summed E-state index contributed by atoms with van der Waals surface area (Å²) >= 11 is 0. The van der Waals surface area contributed by atoms with E-state index in [9.17, 15) is 4.79 Å². The van der Waals surface area contributed by atoms with Gasteiger partial charge in [0.1, 0.15) is 6.61 Å². The molecule has 8 heteroatoms. The van der Waals surface area contributed by atoms with Crippen LogP contribution < -0.4 is 0 Å². The van der Waals surface area contributed by atoms with Gasteiger partial charge in [0, 0.05) is 31.5 Å². The average molecular weight is 473 g/mol. The van der Waals surface area contributed by atoms with Crippen molar-refractivity contribution < 1.29 is 33.3 Å². The lowest BCUT2D eigenvalue weighted by molar-refractivity contribution is -0.198. The summed E-state index contributed by atoms with van der Waals surface area (Å²) in [7, 11) is -1.87. The minimum absolute atomic E-state index is 0.0951. The lowest BCUT2D eigenvalue weighted by Crippen LogP contribution is -2.44. The Morgan fingerprint density at radius 1 is 1.09 bits per heavy atom. The van der Waals surface area contributed by atoms with Crippen molar-refractivity contribution in [1.82, 2.24) is 0 Å². The fraction of sp³-hybridized carbons (Fsp3) is 0.958. The van der Waals surface area contributed by atoms with Gasteiger partial charge >= 0.3 is 5.97 Å². The van der Waals surface area contributed by atoms with Crippen molar-refractivity contribution in [3.63, 3.8) is 0 Å². The van der Waals surface area contributed by atoms with Gasteiger partial charge in [0.15, 0.2) is 14.6 Å². The van der Waals surface area contributed by atoms with E-state index in [2.05, 4.69) is 33.9 Å². The van der Waals surface area contributed by atoms with Crippen molar-refractivity contribution in [2.24, 2.45) is 17.8 Å². The van der Waals surface area contributed by atoms with Gasteiger partial charge in [-0.1, -0.05) is 20.8 Å². The van der Waals surface area contributed by atoms with Crippen molar-refractivity contribution in [2.75, 3.05) is 33.0 Å². The highest BCUT2D eigenvalue weighted by Gasteiger charge is 2.48. The van der Waals surface area contributed by atoms with Gasteiger partial charge in [-0.15, -0.1) is 0 Å². The molecule has 0 aromatic heterocycles. The first-order chi connectivity index (χ1) is 15.1. The Kier molecular flexibility index (Phi) is 9.20. The molecule has 0 spiro atoms. The number of ether oxygens (including phenoxy) is 4. The van der Waals surface area contributed by atoms with Gasteiger partial charge in [-0.25, -0.2) is 4.79 Å². The predicted molar refractivity (Wildman–Crippen MR) is 124 cm³/mol. The van der Waals surface area contributed by atoms with Gasteiger partial charge in [0.2, 0.25) is 0 Å². The molecule has 3 aliphatic rings.